The number of nitrogens with two attached hydrogens (primary N) is 1. The van der Waals surface area contributed by atoms with Gasteiger partial charge in [0, 0.05) is 18.7 Å². The number of aromatic nitrogens is 3. The summed E-state index contributed by atoms with van der Waals surface area (Å²) in [7, 11) is 3.14. The molecule has 0 saturated heterocycles. The number of amides is 1. The number of nitrogens with zero attached hydrogens (tertiary/aromatic N) is 4. The Hall–Kier alpha value is -2.42. The van der Waals surface area contributed by atoms with E-state index in [4.69, 9.17) is 15.3 Å². The predicted octanol–water partition coefficient (Wildman–Crippen LogP) is 1.64. The molecule has 2 rings (SSSR count). The van der Waals surface area contributed by atoms with Gasteiger partial charge in [-0.1, -0.05) is 11.8 Å². The van der Waals surface area contributed by atoms with E-state index in [-0.39, 0.29) is 11.7 Å². The number of nitrogen functional groups attached to an aromatic ring is 1. The monoisotopic (exact) mass is 365 g/mol. The molecule has 9 heteroatoms. The highest BCUT2D eigenvalue weighted by Gasteiger charge is 2.17. The first-order valence-electron chi connectivity index (χ1n) is 7.89. The Morgan fingerprint density at radius 1 is 1.20 bits per heavy atom. The third-order valence-corrected chi connectivity index (χ3v) is 4.68. The molecule has 25 heavy (non-hydrogen) atoms. The second kappa shape index (κ2) is 8.61. The number of hydrogen-bond acceptors (Lipinski definition) is 7. The van der Waals surface area contributed by atoms with E-state index in [0.29, 0.717) is 35.6 Å². The summed E-state index contributed by atoms with van der Waals surface area (Å²) >= 11 is 1.26. The third kappa shape index (κ3) is 4.16. The standard InChI is InChI=1S/C16H23N5O3S/c1-5-20(6-2)14(22)10-25-16-19-18-15(21(16)17)11-7-8-12(23-3)13(9-11)24-4/h7-9H,5-6,10,17H2,1-4H3. The van der Waals surface area contributed by atoms with Crippen LogP contribution in [0.1, 0.15) is 13.8 Å². The van der Waals surface area contributed by atoms with Crippen LogP contribution in [0.3, 0.4) is 0 Å². The smallest absolute Gasteiger partial charge is 0.233 e. The largest absolute Gasteiger partial charge is 0.493 e. The van der Waals surface area contributed by atoms with Gasteiger partial charge in [0.2, 0.25) is 11.1 Å². The van der Waals surface area contributed by atoms with Crippen molar-refractivity contribution in [1.82, 2.24) is 19.8 Å². The predicted molar refractivity (Wildman–Crippen MR) is 97.4 cm³/mol. The van der Waals surface area contributed by atoms with Crippen LogP contribution in [0.25, 0.3) is 11.4 Å². The zero-order valence-corrected chi connectivity index (χ0v) is 15.7. The molecule has 1 aromatic heterocycles. The molecule has 0 aliphatic heterocycles. The highest BCUT2D eigenvalue weighted by molar-refractivity contribution is 7.99. The normalized spacial score (nSPS) is 10.6. The highest BCUT2D eigenvalue weighted by atomic mass is 32.2. The molecule has 0 aliphatic carbocycles. The first-order chi connectivity index (χ1) is 12.0. The van der Waals surface area contributed by atoms with Crippen molar-refractivity contribution in [3.05, 3.63) is 18.2 Å². The Kier molecular flexibility index (Phi) is 6.51. The number of carbonyl (C=O) groups is 1. The number of thioether (sulfide) groups is 1. The van der Waals surface area contributed by atoms with Gasteiger partial charge in [-0.2, -0.15) is 0 Å². The van der Waals surface area contributed by atoms with Gasteiger partial charge in [-0.25, -0.2) is 4.68 Å². The van der Waals surface area contributed by atoms with Crippen molar-refractivity contribution >= 4 is 17.7 Å². The maximum atomic E-state index is 12.1. The van der Waals surface area contributed by atoms with Crippen LogP contribution in [0.2, 0.25) is 0 Å². The first kappa shape index (κ1) is 18.9. The van der Waals surface area contributed by atoms with Crippen LogP contribution in [-0.2, 0) is 4.79 Å². The van der Waals surface area contributed by atoms with Gasteiger partial charge in [-0.3, -0.25) is 4.79 Å². The van der Waals surface area contributed by atoms with E-state index in [1.807, 2.05) is 19.9 Å². The number of benzene rings is 1. The average Bonchev–Trinajstić information content (AvgIpc) is 3.00. The Bertz CT molecular complexity index is 731. The van der Waals surface area contributed by atoms with Gasteiger partial charge < -0.3 is 20.2 Å². The van der Waals surface area contributed by atoms with Crippen LogP contribution in [0.4, 0.5) is 0 Å². The minimum absolute atomic E-state index is 0.0469. The SMILES string of the molecule is CCN(CC)C(=O)CSc1nnc(-c2ccc(OC)c(OC)c2)n1N. The minimum Gasteiger partial charge on any atom is -0.493 e. The Labute approximate surface area is 151 Å². The molecule has 0 atom stereocenters. The average molecular weight is 365 g/mol. The number of methoxy groups -OCH3 is 2. The number of ether oxygens (including phenoxy) is 2. The summed E-state index contributed by atoms with van der Waals surface area (Å²) in [6.45, 7) is 5.27. The molecule has 0 spiro atoms. The quantitative estimate of drug-likeness (QED) is 0.561. The molecule has 0 bridgehead atoms. The fourth-order valence-corrected chi connectivity index (χ4v) is 3.10. The van der Waals surface area contributed by atoms with E-state index in [1.54, 1.807) is 31.3 Å². The molecule has 0 fully saturated rings. The topological polar surface area (TPSA) is 95.5 Å². The van der Waals surface area contributed by atoms with Crippen molar-refractivity contribution in [2.75, 3.05) is 38.9 Å². The lowest BCUT2D eigenvalue weighted by molar-refractivity contribution is -0.127. The van der Waals surface area contributed by atoms with Gasteiger partial charge in [-0.05, 0) is 32.0 Å². The van der Waals surface area contributed by atoms with Gasteiger partial charge in [0.05, 0.1) is 20.0 Å². The van der Waals surface area contributed by atoms with Gasteiger partial charge in [0.25, 0.3) is 0 Å². The lowest BCUT2D eigenvalue weighted by Crippen LogP contribution is -2.32. The first-order valence-corrected chi connectivity index (χ1v) is 8.87. The van der Waals surface area contributed by atoms with Crippen LogP contribution in [0.5, 0.6) is 11.5 Å². The maximum absolute atomic E-state index is 12.1. The zero-order chi connectivity index (χ0) is 18.4. The maximum Gasteiger partial charge on any atom is 0.233 e. The van der Waals surface area contributed by atoms with Crippen LogP contribution >= 0.6 is 11.8 Å². The molecule has 136 valence electrons. The third-order valence-electron chi connectivity index (χ3n) is 3.75. The molecule has 2 aromatic rings. The summed E-state index contributed by atoms with van der Waals surface area (Å²) < 4.78 is 11.9. The molecule has 8 nitrogen and oxygen atoms in total. The van der Waals surface area contributed by atoms with Crippen LogP contribution in [-0.4, -0.2) is 58.7 Å². The van der Waals surface area contributed by atoms with E-state index < -0.39 is 0 Å². The Morgan fingerprint density at radius 3 is 2.48 bits per heavy atom. The lowest BCUT2D eigenvalue weighted by atomic mass is 10.2. The molecule has 2 N–H and O–H groups in total. The number of hydrogen-bond donors (Lipinski definition) is 1. The second-order valence-electron chi connectivity index (χ2n) is 5.10. The molecule has 0 aliphatic rings. The summed E-state index contributed by atoms with van der Waals surface area (Å²) in [5, 5.41) is 8.68. The van der Waals surface area contributed by atoms with E-state index >= 15 is 0 Å². The fraction of sp³-hybridized carbons (Fsp3) is 0.438. The van der Waals surface area contributed by atoms with Crippen molar-refractivity contribution in [3.63, 3.8) is 0 Å². The van der Waals surface area contributed by atoms with Crippen LogP contribution < -0.4 is 15.3 Å². The van der Waals surface area contributed by atoms with Crippen molar-refractivity contribution in [2.24, 2.45) is 0 Å². The van der Waals surface area contributed by atoms with Crippen molar-refractivity contribution in [3.8, 4) is 22.9 Å². The van der Waals surface area contributed by atoms with Crippen LogP contribution in [0.15, 0.2) is 23.4 Å². The molecule has 1 heterocycles. The summed E-state index contributed by atoms with van der Waals surface area (Å²) in [4.78, 5) is 13.9. The molecule has 0 saturated carbocycles. The Balaban J connectivity index is 2.17. The molecule has 0 radical (unpaired) electrons. The lowest BCUT2D eigenvalue weighted by Gasteiger charge is -2.17. The van der Waals surface area contributed by atoms with E-state index in [1.165, 1.54) is 16.4 Å². The van der Waals surface area contributed by atoms with E-state index in [9.17, 15) is 4.79 Å². The van der Waals surface area contributed by atoms with E-state index in [0.717, 1.165) is 5.56 Å². The summed E-state index contributed by atoms with van der Waals surface area (Å²) in [5.74, 6) is 8.09. The second-order valence-corrected chi connectivity index (χ2v) is 6.04. The van der Waals surface area contributed by atoms with Crippen molar-refractivity contribution < 1.29 is 14.3 Å². The number of carbonyl (C=O) groups excluding carboxylic acids is 1. The molecule has 0 unspecified atom stereocenters. The zero-order valence-electron chi connectivity index (χ0n) is 14.9. The molecular formula is C16H23N5O3S. The van der Waals surface area contributed by atoms with Crippen molar-refractivity contribution in [1.29, 1.82) is 0 Å². The Morgan fingerprint density at radius 2 is 1.88 bits per heavy atom. The highest BCUT2D eigenvalue weighted by Crippen LogP contribution is 2.32. The number of rotatable bonds is 8. The van der Waals surface area contributed by atoms with Crippen molar-refractivity contribution in [2.45, 2.75) is 19.0 Å². The summed E-state index contributed by atoms with van der Waals surface area (Å²) in [6, 6.07) is 5.38. The van der Waals surface area contributed by atoms with E-state index in [2.05, 4.69) is 10.2 Å². The molecule has 1 amide bonds. The van der Waals surface area contributed by atoms with Gasteiger partial charge >= 0.3 is 0 Å². The fourth-order valence-electron chi connectivity index (χ4n) is 2.34. The van der Waals surface area contributed by atoms with Crippen LogP contribution in [0, 0.1) is 0 Å². The van der Waals surface area contributed by atoms with Gasteiger partial charge in [0.1, 0.15) is 0 Å². The molecular weight excluding hydrogens is 342 g/mol. The summed E-state index contributed by atoms with van der Waals surface area (Å²) in [6.07, 6.45) is 0. The van der Waals surface area contributed by atoms with Gasteiger partial charge in [0.15, 0.2) is 17.3 Å². The minimum atomic E-state index is 0.0469. The molecule has 1 aromatic carbocycles. The summed E-state index contributed by atoms with van der Waals surface area (Å²) in [5.41, 5.74) is 0.745. The van der Waals surface area contributed by atoms with Gasteiger partial charge in [-0.15, -0.1) is 10.2 Å².